The van der Waals surface area contributed by atoms with Gasteiger partial charge in [0.1, 0.15) is 5.75 Å². The van der Waals surface area contributed by atoms with Crippen LogP contribution in [0, 0.1) is 0 Å². The molecule has 2 heteroatoms. The fraction of sp³-hybridized carbons (Fsp3) is 0.500. The molecule has 0 radical (unpaired) electrons. The molecule has 0 aromatic heterocycles. The molecule has 14 heavy (non-hydrogen) atoms. The fourth-order valence-corrected chi connectivity index (χ4v) is 1.87. The summed E-state index contributed by atoms with van der Waals surface area (Å²) >= 11 is 5.95. The third-order valence-electron chi connectivity index (χ3n) is 2.21. The molecule has 1 aliphatic heterocycles. The molecule has 1 aliphatic rings. The van der Waals surface area contributed by atoms with Crippen LogP contribution in [0.25, 0.3) is 0 Å². The minimum absolute atomic E-state index is 0.808. The van der Waals surface area contributed by atoms with Crippen LogP contribution >= 0.6 is 11.6 Å². The van der Waals surface area contributed by atoms with Gasteiger partial charge in [-0.25, -0.2) is 0 Å². The Kier molecular flexibility index (Phi) is 4.27. The third kappa shape index (κ3) is 2.21. The zero-order valence-electron chi connectivity index (χ0n) is 9.06. The van der Waals surface area contributed by atoms with Crippen LogP contribution < -0.4 is 4.74 Å². The molecule has 78 valence electrons. The van der Waals surface area contributed by atoms with Crippen molar-refractivity contribution in [3.8, 4) is 5.75 Å². The maximum absolute atomic E-state index is 5.95. The summed E-state index contributed by atoms with van der Waals surface area (Å²) in [5.74, 6) is 1.07. The van der Waals surface area contributed by atoms with Gasteiger partial charge in [-0.1, -0.05) is 32.4 Å². The molecule has 0 unspecified atom stereocenters. The molecule has 1 nitrogen and oxygen atoms in total. The highest BCUT2D eigenvalue weighted by atomic mass is 35.5. The van der Waals surface area contributed by atoms with Gasteiger partial charge < -0.3 is 4.74 Å². The summed E-state index contributed by atoms with van der Waals surface area (Å²) in [5, 5.41) is 0.830. The summed E-state index contributed by atoms with van der Waals surface area (Å²) in [7, 11) is 0. The van der Waals surface area contributed by atoms with Gasteiger partial charge in [0, 0.05) is 11.4 Å². The first-order chi connectivity index (χ1) is 6.81. The Bertz CT molecular complexity index is 307. The number of hydrogen-bond acceptors (Lipinski definition) is 1. The molecule has 0 saturated carbocycles. The van der Waals surface area contributed by atoms with Crippen LogP contribution in [0.2, 0.25) is 5.02 Å². The van der Waals surface area contributed by atoms with Crippen LogP contribution in [0.4, 0.5) is 0 Å². The number of rotatable bonds is 1. The highest BCUT2D eigenvalue weighted by Crippen LogP contribution is 2.32. The minimum atomic E-state index is 0.808. The smallest absolute Gasteiger partial charge is 0.125 e. The molecule has 1 aromatic rings. The molecule has 0 bridgehead atoms. The molecular formula is C12H17ClO. The van der Waals surface area contributed by atoms with Gasteiger partial charge in [0.05, 0.1) is 6.61 Å². The predicted molar refractivity (Wildman–Crippen MR) is 61.4 cm³/mol. The molecule has 0 atom stereocenters. The van der Waals surface area contributed by atoms with E-state index in [0.717, 1.165) is 30.2 Å². The molecule has 0 fully saturated rings. The maximum atomic E-state index is 5.95. The van der Waals surface area contributed by atoms with Gasteiger partial charge >= 0.3 is 0 Å². The Morgan fingerprint density at radius 2 is 2.07 bits per heavy atom. The lowest BCUT2D eigenvalue weighted by Gasteiger charge is -2.05. The summed E-state index contributed by atoms with van der Waals surface area (Å²) in [6.45, 7) is 6.93. The molecule has 0 saturated heterocycles. The lowest BCUT2D eigenvalue weighted by Crippen LogP contribution is -1.90. The van der Waals surface area contributed by atoms with Gasteiger partial charge in [-0.05, 0) is 29.7 Å². The number of hydrogen-bond donors (Lipinski definition) is 0. The van der Waals surface area contributed by atoms with Crippen molar-refractivity contribution < 1.29 is 4.74 Å². The van der Waals surface area contributed by atoms with Gasteiger partial charge in [0.25, 0.3) is 0 Å². The van der Waals surface area contributed by atoms with Crippen molar-refractivity contribution >= 4 is 11.6 Å². The monoisotopic (exact) mass is 212 g/mol. The van der Waals surface area contributed by atoms with Crippen LogP contribution in [-0.2, 0) is 12.8 Å². The molecule has 0 N–H and O–H groups in total. The molecule has 0 aliphatic carbocycles. The van der Waals surface area contributed by atoms with Gasteiger partial charge in [0.2, 0.25) is 0 Å². The van der Waals surface area contributed by atoms with Gasteiger partial charge in [-0.2, -0.15) is 0 Å². The zero-order chi connectivity index (χ0) is 10.6. The minimum Gasteiger partial charge on any atom is -0.493 e. The fourth-order valence-electron chi connectivity index (χ4n) is 1.61. The normalized spacial score (nSPS) is 12.6. The van der Waals surface area contributed by atoms with Crippen molar-refractivity contribution in [3.63, 3.8) is 0 Å². The third-order valence-corrected chi connectivity index (χ3v) is 2.42. The summed E-state index contributed by atoms with van der Waals surface area (Å²) in [5.41, 5.74) is 2.49. The van der Waals surface area contributed by atoms with E-state index >= 15 is 0 Å². The lowest BCUT2D eigenvalue weighted by atomic mass is 10.1. The SMILES string of the molecule is CC.CCc1cc(Cl)cc2c1OCC2. The second kappa shape index (κ2) is 5.26. The van der Waals surface area contributed by atoms with Crippen molar-refractivity contribution in [2.45, 2.75) is 33.6 Å². The number of aryl methyl sites for hydroxylation is 1. The second-order valence-electron chi connectivity index (χ2n) is 3.01. The first kappa shape index (κ1) is 11.4. The van der Waals surface area contributed by atoms with Crippen molar-refractivity contribution in [3.05, 3.63) is 28.3 Å². The van der Waals surface area contributed by atoms with E-state index in [-0.39, 0.29) is 0 Å². The van der Waals surface area contributed by atoms with Gasteiger partial charge in [0.15, 0.2) is 0 Å². The number of fused-ring (bicyclic) bond motifs is 1. The van der Waals surface area contributed by atoms with E-state index in [2.05, 4.69) is 6.92 Å². The largest absolute Gasteiger partial charge is 0.493 e. The summed E-state index contributed by atoms with van der Waals surface area (Å²) in [6, 6.07) is 3.99. The predicted octanol–water partition coefficient (Wildman–Crippen LogP) is 3.86. The van der Waals surface area contributed by atoms with Crippen LogP contribution in [0.15, 0.2) is 12.1 Å². The molecular weight excluding hydrogens is 196 g/mol. The van der Waals surface area contributed by atoms with Gasteiger partial charge in [-0.15, -0.1) is 0 Å². The topological polar surface area (TPSA) is 9.23 Å². The summed E-state index contributed by atoms with van der Waals surface area (Å²) in [4.78, 5) is 0. The zero-order valence-corrected chi connectivity index (χ0v) is 9.82. The Labute approximate surface area is 91.0 Å². The lowest BCUT2D eigenvalue weighted by molar-refractivity contribution is 0.353. The molecule has 1 heterocycles. The molecule has 0 amide bonds. The van der Waals surface area contributed by atoms with Crippen LogP contribution in [-0.4, -0.2) is 6.61 Å². The van der Waals surface area contributed by atoms with E-state index in [4.69, 9.17) is 16.3 Å². The quantitative estimate of drug-likeness (QED) is 0.687. The van der Waals surface area contributed by atoms with Crippen molar-refractivity contribution in [2.24, 2.45) is 0 Å². The highest BCUT2D eigenvalue weighted by Gasteiger charge is 2.15. The van der Waals surface area contributed by atoms with E-state index < -0.39 is 0 Å². The van der Waals surface area contributed by atoms with E-state index in [1.165, 1.54) is 11.1 Å². The Morgan fingerprint density at radius 3 is 2.71 bits per heavy atom. The molecule has 0 spiro atoms. The van der Waals surface area contributed by atoms with E-state index in [9.17, 15) is 0 Å². The van der Waals surface area contributed by atoms with Crippen molar-refractivity contribution in [1.82, 2.24) is 0 Å². The Balaban J connectivity index is 0.000000461. The van der Waals surface area contributed by atoms with E-state index in [0.29, 0.717) is 0 Å². The average molecular weight is 213 g/mol. The Morgan fingerprint density at radius 1 is 1.36 bits per heavy atom. The molecule has 2 rings (SSSR count). The van der Waals surface area contributed by atoms with Crippen LogP contribution in [0.1, 0.15) is 31.9 Å². The summed E-state index contributed by atoms with van der Waals surface area (Å²) < 4.78 is 5.52. The van der Waals surface area contributed by atoms with Crippen LogP contribution in [0.5, 0.6) is 5.75 Å². The first-order valence-corrected chi connectivity index (χ1v) is 5.63. The van der Waals surface area contributed by atoms with Crippen LogP contribution in [0.3, 0.4) is 0 Å². The average Bonchev–Trinajstić information content (AvgIpc) is 2.67. The second-order valence-corrected chi connectivity index (χ2v) is 3.44. The van der Waals surface area contributed by atoms with E-state index in [1.807, 2.05) is 26.0 Å². The number of halogens is 1. The van der Waals surface area contributed by atoms with E-state index in [1.54, 1.807) is 0 Å². The van der Waals surface area contributed by atoms with Gasteiger partial charge in [-0.3, -0.25) is 0 Å². The molecule has 1 aromatic carbocycles. The number of ether oxygens (including phenoxy) is 1. The Hall–Kier alpha value is -0.690. The van der Waals surface area contributed by atoms with Crippen molar-refractivity contribution in [1.29, 1.82) is 0 Å². The maximum Gasteiger partial charge on any atom is 0.125 e. The first-order valence-electron chi connectivity index (χ1n) is 5.25. The standard InChI is InChI=1S/C10H11ClO.C2H6/c1-2-7-5-9(11)6-8-3-4-12-10(7)8;1-2/h5-6H,2-4H2,1H3;1-2H3. The van der Waals surface area contributed by atoms with Crippen molar-refractivity contribution in [2.75, 3.05) is 6.61 Å². The highest BCUT2D eigenvalue weighted by molar-refractivity contribution is 6.30. The number of benzene rings is 1. The summed E-state index contributed by atoms with van der Waals surface area (Å²) in [6.07, 6.45) is 1.99.